The van der Waals surface area contributed by atoms with Crippen molar-refractivity contribution >= 4 is 11.6 Å². The summed E-state index contributed by atoms with van der Waals surface area (Å²) in [5.41, 5.74) is 2.37. The molecule has 152 valence electrons. The molecular weight excluding hydrogens is 397 g/mol. The van der Waals surface area contributed by atoms with Crippen molar-refractivity contribution in [3.8, 4) is 23.4 Å². The van der Waals surface area contributed by atoms with Crippen LogP contribution in [0.1, 0.15) is 21.6 Å². The molecule has 8 heteroatoms. The van der Waals surface area contributed by atoms with E-state index in [1.807, 2.05) is 13.0 Å². The first-order valence-corrected chi connectivity index (χ1v) is 9.30. The maximum Gasteiger partial charge on any atom is 0.276 e. The molecule has 0 saturated carbocycles. The Labute approximate surface area is 177 Å². The molecule has 0 radical (unpaired) electrons. The molecule has 7 nitrogen and oxygen atoms in total. The average molecular weight is 413 g/mol. The van der Waals surface area contributed by atoms with Gasteiger partial charge in [-0.3, -0.25) is 4.79 Å². The second-order valence-electron chi connectivity index (χ2n) is 6.63. The van der Waals surface area contributed by atoms with E-state index in [-0.39, 0.29) is 17.4 Å². The lowest BCUT2D eigenvalue weighted by Crippen LogP contribution is -2.14. The summed E-state index contributed by atoms with van der Waals surface area (Å²) >= 11 is 0. The topological polar surface area (TPSA) is 92.8 Å². The third-order valence-corrected chi connectivity index (χ3v) is 4.45. The van der Waals surface area contributed by atoms with E-state index in [4.69, 9.17) is 10.00 Å². The minimum atomic E-state index is -0.400. The van der Waals surface area contributed by atoms with Crippen molar-refractivity contribution in [1.82, 2.24) is 14.8 Å². The summed E-state index contributed by atoms with van der Waals surface area (Å²) in [7, 11) is 0. The second-order valence-corrected chi connectivity index (χ2v) is 6.63. The highest BCUT2D eigenvalue weighted by Crippen LogP contribution is 2.27. The van der Waals surface area contributed by atoms with Gasteiger partial charge in [-0.1, -0.05) is 6.07 Å². The van der Waals surface area contributed by atoms with Crippen LogP contribution in [0.5, 0.6) is 11.6 Å². The SMILES string of the molecule is Cc1cc(Oc2ncccc2C#N)ccc1NC(=O)c1ccn(-c2cccc(F)c2)n1. The Kier molecular flexibility index (Phi) is 5.41. The van der Waals surface area contributed by atoms with E-state index in [2.05, 4.69) is 15.4 Å². The number of nitrogens with zero attached hydrogens (tertiary/aromatic N) is 4. The normalized spacial score (nSPS) is 10.4. The van der Waals surface area contributed by atoms with Gasteiger partial charge in [0.1, 0.15) is 23.2 Å². The molecule has 2 aromatic heterocycles. The predicted molar refractivity (Wildman–Crippen MR) is 112 cm³/mol. The number of nitriles is 1. The molecule has 0 aliphatic heterocycles. The first-order valence-electron chi connectivity index (χ1n) is 9.30. The zero-order valence-corrected chi connectivity index (χ0v) is 16.4. The molecule has 0 fully saturated rings. The summed E-state index contributed by atoms with van der Waals surface area (Å²) in [6.45, 7) is 1.82. The molecule has 2 heterocycles. The van der Waals surface area contributed by atoms with Crippen LogP contribution in [0, 0.1) is 24.1 Å². The van der Waals surface area contributed by atoms with Gasteiger partial charge in [-0.2, -0.15) is 10.4 Å². The van der Waals surface area contributed by atoms with E-state index in [1.165, 1.54) is 16.8 Å². The van der Waals surface area contributed by atoms with Gasteiger partial charge < -0.3 is 10.1 Å². The summed E-state index contributed by atoms with van der Waals surface area (Å²) in [4.78, 5) is 16.7. The van der Waals surface area contributed by atoms with Crippen molar-refractivity contribution in [2.45, 2.75) is 6.92 Å². The van der Waals surface area contributed by atoms with E-state index in [9.17, 15) is 9.18 Å². The second kappa shape index (κ2) is 8.47. The van der Waals surface area contributed by atoms with Crippen molar-refractivity contribution in [3.05, 3.63) is 95.7 Å². The van der Waals surface area contributed by atoms with E-state index >= 15 is 0 Å². The molecule has 2 aromatic carbocycles. The van der Waals surface area contributed by atoms with E-state index in [1.54, 1.807) is 60.9 Å². The molecule has 0 aliphatic rings. The van der Waals surface area contributed by atoms with Crippen LogP contribution in [0.15, 0.2) is 73.1 Å². The lowest BCUT2D eigenvalue weighted by Gasteiger charge is -2.10. The number of aryl methyl sites for hydroxylation is 1. The van der Waals surface area contributed by atoms with Gasteiger partial charge in [0.2, 0.25) is 5.88 Å². The summed E-state index contributed by atoms with van der Waals surface area (Å²) in [6, 6.07) is 17.9. The molecule has 0 spiro atoms. The van der Waals surface area contributed by atoms with Crippen LogP contribution >= 0.6 is 0 Å². The number of halogens is 1. The Balaban J connectivity index is 1.48. The first-order chi connectivity index (χ1) is 15.0. The zero-order chi connectivity index (χ0) is 21.8. The van der Waals surface area contributed by atoms with Gasteiger partial charge in [0.15, 0.2) is 5.69 Å². The number of hydrogen-bond acceptors (Lipinski definition) is 5. The fourth-order valence-corrected chi connectivity index (χ4v) is 2.90. The largest absolute Gasteiger partial charge is 0.438 e. The minimum Gasteiger partial charge on any atom is -0.438 e. The van der Waals surface area contributed by atoms with Crippen LogP contribution in [-0.2, 0) is 0 Å². The van der Waals surface area contributed by atoms with Gasteiger partial charge in [0.25, 0.3) is 5.91 Å². The van der Waals surface area contributed by atoms with Crippen molar-refractivity contribution in [2.24, 2.45) is 0 Å². The van der Waals surface area contributed by atoms with Crippen LogP contribution < -0.4 is 10.1 Å². The van der Waals surface area contributed by atoms with Gasteiger partial charge >= 0.3 is 0 Å². The van der Waals surface area contributed by atoms with Crippen molar-refractivity contribution in [2.75, 3.05) is 5.32 Å². The van der Waals surface area contributed by atoms with Crippen molar-refractivity contribution in [3.63, 3.8) is 0 Å². The van der Waals surface area contributed by atoms with Crippen molar-refractivity contribution < 1.29 is 13.9 Å². The number of carbonyl (C=O) groups is 1. The minimum absolute atomic E-state index is 0.191. The number of rotatable bonds is 5. The van der Waals surface area contributed by atoms with Crippen LogP contribution in [0.25, 0.3) is 5.69 Å². The number of amides is 1. The van der Waals surface area contributed by atoms with Gasteiger partial charge in [-0.05, 0) is 67.1 Å². The highest BCUT2D eigenvalue weighted by molar-refractivity contribution is 6.03. The number of benzene rings is 2. The zero-order valence-electron chi connectivity index (χ0n) is 16.4. The van der Waals surface area contributed by atoms with E-state index in [0.29, 0.717) is 22.7 Å². The molecule has 4 rings (SSSR count). The molecule has 0 unspecified atom stereocenters. The smallest absolute Gasteiger partial charge is 0.276 e. The van der Waals surface area contributed by atoms with Crippen LogP contribution in [0.3, 0.4) is 0 Å². The lowest BCUT2D eigenvalue weighted by molar-refractivity contribution is 0.102. The maximum atomic E-state index is 13.4. The molecule has 1 N–H and O–H groups in total. The number of ether oxygens (including phenoxy) is 1. The molecule has 0 saturated heterocycles. The Morgan fingerprint density at radius 3 is 2.81 bits per heavy atom. The number of nitrogens with one attached hydrogen (secondary N) is 1. The van der Waals surface area contributed by atoms with E-state index in [0.717, 1.165) is 5.56 Å². The molecule has 0 atom stereocenters. The Morgan fingerprint density at radius 1 is 1.16 bits per heavy atom. The Hall–Kier alpha value is -4.51. The molecule has 31 heavy (non-hydrogen) atoms. The van der Waals surface area contributed by atoms with Crippen LogP contribution in [0.2, 0.25) is 0 Å². The average Bonchev–Trinajstić information content (AvgIpc) is 3.27. The van der Waals surface area contributed by atoms with E-state index < -0.39 is 5.91 Å². The third-order valence-electron chi connectivity index (χ3n) is 4.45. The standard InChI is InChI=1S/C23H16FN5O2/c1-15-12-19(31-23-16(14-25)4-3-10-26-23)7-8-20(15)27-22(30)21-9-11-29(28-21)18-6-2-5-17(24)13-18/h2-13H,1H3,(H,27,30). The fourth-order valence-electron chi connectivity index (χ4n) is 2.90. The molecular formula is C23H16FN5O2. The molecule has 4 aromatic rings. The van der Waals surface area contributed by atoms with Crippen molar-refractivity contribution in [1.29, 1.82) is 5.26 Å². The molecule has 0 aliphatic carbocycles. The number of pyridine rings is 1. The third kappa shape index (κ3) is 4.41. The van der Waals surface area contributed by atoms with Gasteiger partial charge in [0.05, 0.1) is 5.69 Å². The fraction of sp³-hybridized carbons (Fsp3) is 0.0435. The highest BCUT2D eigenvalue weighted by Gasteiger charge is 2.13. The number of anilines is 1. The van der Waals surface area contributed by atoms with Gasteiger partial charge in [-0.15, -0.1) is 0 Å². The predicted octanol–water partition coefficient (Wildman–Crippen LogP) is 4.63. The van der Waals surface area contributed by atoms with Crippen LogP contribution in [-0.4, -0.2) is 20.7 Å². The summed E-state index contributed by atoms with van der Waals surface area (Å²) in [6.07, 6.45) is 3.13. The molecule has 0 bridgehead atoms. The summed E-state index contributed by atoms with van der Waals surface area (Å²) in [5.74, 6) is -0.0851. The number of hydrogen-bond donors (Lipinski definition) is 1. The quantitative estimate of drug-likeness (QED) is 0.515. The number of aromatic nitrogens is 3. The lowest BCUT2D eigenvalue weighted by atomic mass is 10.2. The highest BCUT2D eigenvalue weighted by atomic mass is 19.1. The number of carbonyl (C=O) groups excluding carboxylic acids is 1. The summed E-state index contributed by atoms with van der Waals surface area (Å²) in [5, 5.41) is 16.2. The maximum absolute atomic E-state index is 13.4. The Bertz CT molecular complexity index is 1310. The van der Waals surface area contributed by atoms with Gasteiger partial charge in [0, 0.05) is 18.1 Å². The first kappa shape index (κ1) is 19.8. The summed E-state index contributed by atoms with van der Waals surface area (Å²) < 4.78 is 20.5. The monoisotopic (exact) mass is 413 g/mol. The molecule has 1 amide bonds. The van der Waals surface area contributed by atoms with Crippen LogP contribution in [0.4, 0.5) is 10.1 Å². The Morgan fingerprint density at radius 2 is 2.03 bits per heavy atom. The van der Waals surface area contributed by atoms with Gasteiger partial charge in [-0.25, -0.2) is 14.1 Å².